The van der Waals surface area contributed by atoms with Crippen LogP contribution in [-0.2, 0) is 19.0 Å². The third-order valence-electron chi connectivity index (χ3n) is 4.30. The van der Waals surface area contributed by atoms with Gasteiger partial charge in [-0.1, -0.05) is 0 Å². The first-order valence-electron chi connectivity index (χ1n) is 9.14. The molecule has 0 atom stereocenters. The van der Waals surface area contributed by atoms with Crippen LogP contribution in [0.1, 0.15) is 47.6 Å². The lowest BCUT2D eigenvalue weighted by Gasteiger charge is -2.06. The van der Waals surface area contributed by atoms with Crippen molar-refractivity contribution in [3.05, 3.63) is 39.3 Å². The number of amides is 1. The third-order valence-corrected chi connectivity index (χ3v) is 5.48. The van der Waals surface area contributed by atoms with Gasteiger partial charge in [0.25, 0.3) is 17.5 Å². The van der Waals surface area contributed by atoms with Crippen molar-refractivity contribution in [3.63, 3.8) is 0 Å². The second-order valence-electron chi connectivity index (χ2n) is 6.55. The minimum Gasteiger partial charge on any atom is -0.465 e. The maximum atomic E-state index is 12.3. The molecule has 32 heavy (non-hydrogen) atoms. The smallest absolute Gasteiger partial charge is 0.378 e. The Morgan fingerprint density at radius 2 is 1.72 bits per heavy atom. The lowest BCUT2D eigenvalue weighted by molar-refractivity contribution is -0.119. The average molecular weight is 461 g/mol. The first kappa shape index (κ1) is 22.8. The van der Waals surface area contributed by atoms with Gasteiger partial charge in [0.1, 0.15) is 9.88 Å². The van der Waals surface area contributed by atoms with Gasteiger partial charge in [-0.15, -0.1) is 16.4 Å². The standard InChI is InChI=1S/C19H19N5O7S/c1-8-6-9(2)24-19(20-8)22-14(23-24)18(28)31-7-11(25)21-15-12(16(26)29-4)10(3)13(32-15)17(27)30-5/h6H,7H2,1-5H3,(H,21,25). The predicted octanol–water partition coefficient (Wildman–Crippen LogP) is 1.48. The number of anilines is 1. The van der Waals surface area contributed by atoms with Gasteiger partial charge in [0, 0.05) is 11.4 Å². The molecular formula is C19H19N5O7S. The van der Waals surface area contributed by atoms with Crippen molar-refractivity contribution in [2.45, 2.75) is 20.8 Å². The highest BCUT2D eigenvalue weighted by atomic mass is 32.1. The van der Waals surface area contributed by atoms with Gasteiger partial charge in [-0.25, -0.2) is 23.9 Å². The summed E-state index contributed by atoms with van der Waals surface area (Å²) in [7, 11) is 2.37. The number of aromatic nitrogens is 4. The average Bonchev–Trinajstić information content (AvgIpc) is 3.32. The number of hydrogen-bond donors (Lipinski definition) is 1. The normalized spacial score (nSPS) is 10.7. The zero-order valence-corrected chi connectivity index (χ0v) is 18.7. The lowest BCUT2D eigenvalue weighted by atomic mass is 10.1. The van der Waals surface area contributed by atoms with Gasteiger partial charge in [-0.2, -0.15) is 4.98 Å². The Morgan fingerprint density at radius 3 is 2.38 bits per heavy atom. The maximum absolute atomic E-state index is 12.3. The molecule has 0 saturated carbocycles. The fourth-order valence-electron chi connectivity index (χ4n) is 2.85. The van der Waals surface area contributed by atoms with E-state index in [2.05, 4.69) is 25.1 Å². The van der Waals surface area contributed by atoms with E-state index in [0.717, 1.165) is 17.0 Å². The highest BCUT2D eigenvalue weighted by Gasteiger charge is 2.27. The minimum absolute atomic E-state index is 0.0107. The summed E-state index contributed by atoms with van der Waals surface area (Å²) in [5, 5.41) is 6.55. The van der Waals surface area contributed by atoms with E-state index in [1.54, 1.807) is 19.9 Å². The molecule has 0 aliphatic carbocycles. The summed E-state index contributed by atoms with van der Waals surface area (Å²) in [4.78, 5) is 57.0. The van der Waals surface area contributed by atoms with E-state index < -0.39 is 30.4 Å². The Labute approximate surface area is 185 Å². The van der Waals surface area contributed by atoms with Gasteiger partial charge in [-0.05, 0) is 32.4 Å². The molecule has 13 heteroatoms. The molecule has 0 saturated heterocycles. The number of hydrogen-bond acceptors (Lipinski definition) is 11. The Morgan fingerprint density at radius 1 is 1.03 bits per heavy atom. The number of carbonyl (C=O) groups excluding carboxylic acids is 4. The first-order valence-corrected chi connectivity index (χ1v) is 9.95. The number of methoxy groups -OCH3 is 2. The number of aryl methyl sites for hydroxylation is 2. The number of rotatable bonds is 6. The summed E-state index contributed by atoms with van der Waals surface area (Å²) in [6.07, 6.45) is 0. The molecule has 168 valence electrons. The quantitative estimate of drug-likeness (QED) is 0.422. The predicted molar refractivity (Wildman–Crippen MR) is 111 cm³/mol. The van der Waals surface area contributed by atoms with Crippen LogP contribution in [0.5, 0.6) is 0 Å². The van der Waals surface area contributed by atoms with Crippen LogP contribution in [0.3, 0.4) is 0 Å². The third kappa shape index (κ3) is 4.42. The molecule has 3 heterocycles. The molecule has 1 N–H and O–H groups in total. The van der Waals surface area contributed by atoms with Crippen molar-refractivity contribution in [2.75, 3.05) is 26.1 Å². The fraction of sp³-hybridized carbons (Fsp3) is 0.316. The molecule has 0 aliphatic rings. The molecule has 0 spiro atoms. The molecule has 3 aromatic heterocycles. The van der Waals surface area contributed by atoms with E-state index in [0.29, 0.717) is 11.3 Å². The molecule has 0 aromatic carbocycles. The highest BCUT2D eigenvalue weighted by molar-refractivity contribution is 7.18. The highest BCUT2D eigenvalue weighted by Crippen LogP contribution is 2.34. The summed E-state index contributed by atoms with van der Waals surface area (Å²) < 4.78 is 15.8. The molecule has 12 nitrogen and oxygen atoms in total. The maximum Gasteiger partial charge on any atom is 0.378 e. The number of fused-ring (bicyclic) bond motifs is 1. The van der Waals surface area contributed by atoms with E-state index in [9.17, 15) is 19.2 Å². The lowest BCUT2D eigenvalue weighted by Crippen LogP contribution is -2.22. The Hall–Kier alpha value is -3.87. The van der Waals surface area contributed by atoms with E-state index in [-0.39, 0.29) is 27.0 Å². The molecule has 0 fully saturated rings. The van der Waals surface area contributed by atoms with Crippen LogP contribution in [0.15, 0.2) is 6.07 Å². The van der Waals surface area contributed by atoms with Crippen LogP contribution in [0, 0.1) is 20.8 Å². The van der Waals surface area contributed by atoms with Crippen LogP contribution in [0.2, 0.25) is 0 Å². The van der Waals surface area contributed by atoms with Crippen LogP contribution in [0.25, 0.3) is 5.78 Å². The monoisotopic (exact) mass is 461 g/mol. The summed E-state index contributed by atoms with van der Waals surface area (Å²) in [5.41, 5.74) is 1.74. The minimum atomic E-state index is -0.923. The van der Waals surface area contributed by atoms with Crippen LogP contribution in [-0.4, -0.2) is 64.2 Å². The second-order valence-corrected chi connectivity index (χ2v) is 7.57. The van der Waals surface area contributed by atoms with Crippen molar-refractivity contribution >= 4 is 45.9 Å². The molecule has 0 bridgehead atoms. The largest absolute Gasteiger partial charge is 0.465 e. The number of ether oxygens (including phenoxy) is 3. The first-order chi connectivity index (χ1) is 15.2. The van der Waals surface area contributed by atoms with Crippen LogP contribution in [0.4, 0.5) is 5.00 Å². The van der Waals surface area contributed by atoms with Gasteiger partial charge in [0.15, 0.2) is 6.61 Å². The topological polar surface area (TPSA) is 151 Å². The van der Waals surface area contributed by atoms with Gasteiger partial charge in [0.2, 0.25) is 0 Å². The molecule has 0 aliphatic heterocycles. The second kappa shape index (κ2) is 9.09. The van der Waals surface area contributed by atoms with Crippen molar-refractivity contribution in [3.8, 4) is 0 Å². The molecule has 3 aromatic rings. The van der Waals surface area contributed by atoms with E-state index in [1.165, 1.54) is 25.7 Å². The molecular weight excluding hydrogens is 442 g/mol. The summed E-state index contributed by atoms with van der Waals surface area (Å²) >= 11 is 0.843. The van der Waals surface area contributed by atoms with Gasteiger partial charge < -0.3 is 19.5 Å². The van der Waals surface area contributed by atoms with Crippen LogP contribution >= 0.6 is 11.3 Å². The molecule has 3 rings (SSSR count). The van der Waals surface area contributed by atoms with Crippen LogP contribution < -0.4 is 5.32 Å². The van der Waals surface area contributed by atoms with Gasteiger partial charge >= 0.3 is 17.9 Å². The number of thiophene rings is 1. The van der Waals surface area contributed by atoms with E-state index >= 15 is 0 Å². The Balaban J connectivity index is 1.73. The fourth-order valence-corrected chi connectivity index (χ4v) is 3.98. The summed E-state index contributed by atoms with van der Waals surface area (Å²) in [5.74, 6) is -3.10. The van der Waals surface area contributed by atoms with E-state index in [4.69, 9.17) is 9.47 Å². The Kier molecular flexibility index (Phi) is 6.48. The molecule has 0 radical (unpaired) electrons. The summed E-state index contributed by atoms with van der Waals surface area (Å²) in [6, 6.07) is 1.77. The van der Waals surface area contributed by atoms with Crippen molar-refractivity contribution < 1.29 is 33.4 Å². The number of nitrogens with zero attached hydrogens (tertiary/aromatic N) is 4. The van der Waals surface area contributed by atoms with Gasteiger partial charge in [-0.3, -0.25) is 4.79 Å². The van der Waals surface area contributed by atoms with Crippen molar-refractivity contribution in [1.29, 1.82) is 0 Å². The van der Waals surface area contributed by atoms with Crippen molar-refractivity contribution in [1.82, 2.24) is 19.6 Å². The SMILES string of the molecule is COC(=O)c1sc(NC(=O)COC(=O)c2nc3nc(C)cc(C)n3n2)c(C(=O)OC)c1C. The molecule has 1 amide bonds. The number of esters is 3. The zero-order valence-electron chi connectivity index (χ0n) is 17.8. The molecule has 0 unspecified atom stereocenters. The Bertz CT molecular complexity index is 1250. The zero-order chi connectivity index (χ0) is 23.6. The summed E-state index contributed by atoms with van der Waals surface area (Å²) in [6.45, 7) is 4.41. The van der Waals surface area contributed by atoms with Gasteiger partial charge in [0.05, 0.1) is 19.8 Å². The van der Waals surface area contributed by atoms with E-state index in [1.807, 2.05) is 0 Å². The number of carbonyl (C=O) groups is 4. The number of nitrogens with one attached hydrogen (secondary N) is 1. The van der Waals surface area contributed by atoms with Crippen molar-refractivity contribution in [2.24, 2.45) is 0 Å².